The molecule has 0 aromatic heterocycles. The van der Waals surface area contributed by atoms with Crippen molar-refractivity contribution in [1.82, 2.24) is 9.91 Å². The Kier molecular flexibility index (Phi) is 5.92. The van der Waals surface area contributed by atoms with Gasteiger partial charge in [-0.25, -0.2) is 0 Å². The maximum Gasteiger partial charge on any atom is 0.124 e. The van der Waals surface area contributed by atoms with Gasteiger partial charge in [0.05, 0.1) is 11.8 Å². The Balaban J connectivity index is 1.50. The minimum absolute atomic E-state index is 0.253. The van der Waals surface area contributed by atoms with Crippen molar-refractivity contribution in [2.45, 2.75) is 13.0 Å². The number of phenols is 1. The van der Waals surface area contributed by atoms with Crippen molar-refractivity contribution >= 4 is 5.71 Å². The summed E-state index contributed by atoms with van der Waals surface area (Å²) in [5.41, 5.74) is 4.28. The van der Waals surface area contributed by atoms with Gasteiger partial charge in [0.1, 0.15) is 5.75 Å². The van der Waals surface area contributed by atoms with E-state index in [0.29, 0.717) is 0 Å². The summed E-state index contributed by atoms with van der Waals surface area (Å²) in [6.07, 6.45) is 0. The fourth-order valence-corrected chi connectivity index (χ4v) is 4.00. The summed E-state index contributed by atoms with van der Waals surface area (Å²) in [6, 6.07) is 29.1. The Labute approximate surface area is 172 Å². The number of rotatable bonds is 5. The first-order valence-electron chi connectivity index (χ1n) is 10.1. The van der Waals surface area contributed by atoms with Crippen molar-refractivity contribution < 1.29 is 5.11 Å². The topological polar surface area (TPSA) is 39.1 Å². The Morgan fingerprint density at radius 1 is 0.759 bits per heavy atom. The van der Waals surface area contributed by atoms with Crippen LogP contribution >= 0.6 is 0 Å². The number of aromatic hydroxyl groups is 1. The zero-order valence-electron chi connectivity index (χ0n) is 16.8. The first kappa shape index (κ1) is 19.2. The summed E-state index contributed by atoms with van der Waals surface area (Å²) in [5.74, 6) is 0.278. The van der Waals surface area contributed by atoms with Crippen LogP contribution in [0.2, 0.25) is 0 Å². The number of nitrogens with zero attached hydrogens (tertiary/aromatic N) is 3. The van der Waals surface area contributed by atoms with E-state index >= 15 is 0 Å². The predicted octanol–water partition coefficient (Wildman–Crippen LogP) is 4.52. The number of hydrazone groups is 1. The Hall–Kier alpha value is -3.11. The fourth-order valence-electron chi connectivity index (χ4n) is 4.00. The van der Waals surface area contributed by atoms with Crippen LogP contribution in [0, 0.1) is 0 Å². The zero-order valence-corrected chi connectivity index (χ0v) is 16.8. The van der Waals surface area contributed by atoms with E-state index in [2.05, 4.69) is 70.6 Å². The van der Waals surface area contributed by atoms with Crippen molar-refractivity contribution in [3.63, 3.8) is 0 Å². The molecule has 4 rings (SSSR count). The van der Waals surface area contributed by atoms with E-state index in [1.807, 2.05) is 25.1 Å². The highest BCUT2D eigenvalue weighted by Crippen LogP contribution is 2.29. The second kappa shape index (κ2) is 8.93. The molecule has 0 spiro atoms. The molecule has 1 aliphatic rings. The summed E-state index contributed by atoms with van der Waals surface area (Å²) in [6.45, 7) is 5.55. The first-order chi connectivity index (χ1) is 14.2. The molecule has 0 atom stereocenters. The van der Waals surface area contributed by atoms with Crippen molar-refractivity contribution in [1.29, 1.82) is 0 Å². The molecule has 4 heteroatoms. The van der Waals surface area contributed by atoms with Crippen LogP contribution in [0.25, 0.3) is 0 Å². The second-order valence-electron chi connectivity index (χ2n) is 7.42. The molecular formula is C25H27N3O. The SMILES string of the molecule is C/C(=N/N1CCN(C(c2ccccc2)c2ccccc2)CC1)c1ccccc1O. The molecule has 1 N–H and O–H groups in total. The van der Waals surface area contributed by atoms with Gasteiger partial charge in [-0.3, -0.25) is 9.91 Å². The minimum Gasteiger partial charge on any atom is -0.507 e. The summed E-state index contributed by atoms with van der Waals surface area (Å²) < 4.78 is 0. The lowest BCUT2D eigenvalue weighted by molar-refractivity contribution is 0.112. The number of para-hydroxylation sites is 1. The average Bonchev–Trinajstić information content (AvgIpc) is 2.77. The number of benzene rings is 3. The van der Waals surface area contributed by atoms with E-state index in [1.165, 1.54) is 11.1 Å². The van der Waals surface area contributed by atoms with Gasteiger partial charge in [0.25, 0.3) is 0 Å². The number of hydrogen-bond acceptors (Lipinski definition) is 4. The standard InChI is InChI=1S/C25H27N3O/c1-20(23-14-8-9-15-24(23)29)26-28-18-16-27(17-19-28)25(21-10-4-2-5-11-21)22-12-6-3-7-13-22/h2-15,25,29H,16-19H2,1H3/b26-20-. The van der Waals surface area contributed by atoms with Gasteiger partial charge >= 0.3 is 0 Å². The maximum absolute atomic E-state index is 10.1. The molecule has 0 amide bonds. The van der Waals surface area contributed by atoms with E-state index in [0.717, 1.165) is 37.5 Å². The van der Waals surface area contributed by atoms with Crippen LogP contribution in [-0.2, 0) is 0 Å². The lowest BCUT2D eigenvalue weighted by atomic mass is 9.96. The van der Waals surface area contributed by atoms with Gasteiger partial charge in [-0.2, -0.15) is 5.10 Å². The normalized spacial score (nSPS) is 15.7. The highest BCUT2D eigenvalue weighted by atomic mass is 16.3. The maximum atomic E-state index is 10.1. The lowest BCUT2D eigenvalue weighted by Gasteiger charge is -2.39. The van der Waals surface area contributed by atoms with Crippen LogP contribution in [0.15, 0.2) is 90.0 Å². The van der Waals surface area contributed by atoms with Crippen LogP contribution in [0.3, 0.4) is 0 Å². The Morgan fingerprint density at radius 3 is 1.83 bits per heavy atom. The molecule has 4 nitrogen and oxygen atoms in total. The second-order valence-corrected chi connectivity index (χ2v) is 7.42. The highest BCUT2D eigenvalue weighted by molar-refractivity contribution is 6.00. The van der Waals surface area contributed by atoms with E-state index in [1.54, 1.807) is 6.07 Å². The smallest absolute Gasteiger partial charge is 0.124 e. The summed E-state index contributed by atoms with van der Waals surface area (Å²) >= 11 is 0. The van der Waals surface area contributed by atoms with E-state index in [4.69, 9.17) is 5.10 Å². The Morgan fingerprint density at radius 2 is 1.28 bits per heavy atom. The van der Waals surface area contributed by atoms with Gasteiger partial charge in [-0.15, -0.1) is 0 Å². The molecule has 1 heterocycles. The largest absolute Gasteiger partial charge is 0.507 e. The Bertz CT molecular complexity index is 909. The minimum atomic E-state index is 0.253. The van der Waals surface area contributed by atoms with E-state index < -0.39 is 0 Å². The van der Waals surface area contributed by atoms with Crippen molar-refractivity contribution in [3.05, 3.63) is 102 Å². The molecule has 1 saturated heterocycles. The van der Waals surface area contributed by atoms with Gasteiger partial charge in [-0.05, 0) is 30.2 Å². The molecule has 0 bridgehead atoms. The fraction of sp³-hybridized carbons (Fsp3) is 0.240. The summed E-state index contributed by atoms with van der Waals surface area (Å²) in [7, 11) is 0. The third-order valence-corrected chi connectivity index (χ3v) is 5.47. The predicted molar refractivity (Wildman–Crippen MR) is 118 cm³/mol. The quantitative estimate of drug-likeness (QED) is 0.656. The zero-order chi connectivity index (χ0) is 20.1. The number of hydrogen-bond donors (Lipinski definition) is 1. The number of phenolic OH excluding ortho intramolecular Hbond substituents is 1. The van der Waals surface area contributed by atoms with Crippen LogP contribution in [0.4, 0.5) is 0 Å². The first-order valence-corrected chi connectivity index (χ1v) is 10.1. The van der Waals surface area contributed by atoms with Crippen molar-refractivity contribution in [2.75, 3.05) is 26.2 Å². The van der Waals surface area contributed by atoms with Crippen LogP contribution in [-0.4, -0.2) is 46.9 Å². The van der Waals surface area contributed by atoms with Crippen LogP contribution in [0.1, 0.15) is 29.7 Å². The molecule has 0 saturated carbocycles. The van der Waals surface area contributed by atoms with Gasteiger partial charge in [0.2, 0.25) is 0 Å². The van der Waals surface area contributed by atoms with Crippen molar-refractivity contribution in [3.8, 4) is 5.75 Å². The van der Waals surface area contributed by atoms with Crippen LogP contribution < -0.4 is 0 Å². The lowest BCUT2D eigenvalue weighted by Crippen LogP contribution is -2.46. The number of piperazine rings is 1. The molecule has 1 aliphatic heterocycles. The van der Waals surface area contributed by atoms with Crippen molar-refractivity contribution in [2.24, 2.45) is 5.10 Å². The summed E-state index contributed by atoms with van der Waals surface area (Å²) in [5, 5.41) is 17.0. The third kappa shape index (κ3) is 4.49. The molecule has 0 radical (unpaired) electrons. The molecular weight excluding hydrogens is 358 g/mol. The summed E-state index contributed by atoms with van der Waals surface area (Å²) in [4.78, 5) is 2.53. The highest BCUT2D eigenvalue weighted by Gasteiger charge is 2.26. The third-order valence-electron chi connectivity index (χ3n) is 5.47. The monoisotopic (exact) mass is 385 g/mol. The molecule has 1 fully saturated rings. The molecule has 148 valence electrons. The van der Waals surface area contributed by atoms with E-state index in [-0.39, 0.29) is 11.8 Å². The molecule has 3 aromatic rings. The van der Waals surface area contributed by atoms with E-state index in [9.17, 15) is 5.11 Å². The van der Waals surface area contributed by atoms with Gasteiger partial charge in [0.15, 0.2) is 0 Å². The average molecular weight is 386 g/mol. The molecule has 3 aromatic carbocycles. The van der Waals surface area contributed by atoms with Gasteiger partial charge in [-0.1, -0.05) is 72.8 Å². The van der Waals surface area contributed by atoms with Gasteiger partial charge in [0, 0.05) is 31.7 Å². The van der Waals surface area contributed by atoms with Gasteiger partial charge < -0.3 is 5.11 Å². The molecule has 0 unspecified atom stereocenters. The van der Waals surface area contributed by atoms with Crippen LogP contribution in [0.5, 0.6) is 5.75 Å². The molecule has 29 heavy (non-hydrogen) atoms. The molecule has 0 aliphatic carbocycles.